The Morgan fingerprint density at radius 3 is 2.26 bits per heavy atom. The Kier molecular flexibility index (Phi) is 6.97. The van der Waals surface area contributed by atoms with Crippen molar-refractivity contribution < 1.29 is 23.8 Å². The first-order valence-electron chi connectivity index (χ1n) is 11.3. The maximum Gasteiger partial charge on any atom is 0.231 e. The summed E-state index contributed by atoms with van der Waals surface area (Å²) in [5, 5.41) is 0. The lowest BCUT2D eigenvalue weighted by Crippen LogP contribution is -2.21. The topological polar surface area (TPSA) is 65.1 Å². The lowest BCUT2D eigenvalue weighted by molar-refractivity contribution is 0.0920. The van der Waals surface area contributed by atoms with Crippen molar-refractivity contribution in [3.05, 3.63) is 89.2 Å². The van der Waals surface area contributed by atoms with Crippen molar-refractivity contribution in [1.29, 1.82) is 0 Å². The molecule has 0 atom stereocenters. The fraction of sp³-hybridized carbons (Fsp3) is 0.214. The van der Waals surface area contributed by atoms with E-state index in [2.05, 4.69) is 18.7 Å². The summed E-state index contributed by atoms with van der Waals surface area (Å²) in [4.78, 5) is 27.4. The molecule has 0 radical (unpaired) electrons. The number of benzene rings is 3. The van der Waals surface area contributed by atoms with E-state index in [-0.39, 0.29) is 23.9 Å². The van der Waals surface area contributed by atoms with Crippen LogP contribution in [0.3, 0.4) is 0 Å². The van der Waals surface area contributed by atoms with Crippen LogP contribution < -0.4 is 19.1 Å². The highest BCUT2D eigenvalue weighted by molar-refractivity contribution is 6.14. The molecule has 0 fully saturated rings. The summed E-state index contributed by atoms with van der Waals surface area (Å²) in [6, 6.07) is 19.8. The number of carbonyl (C=O) groups is 2. The minimum absolute atomic E-state index is 0.124. The number of nitrogens with zero attached hydrogens (tertiary/aromatic N) is 1. The van der Waals surface area contributed by atoms with E-state index in [9.17, 15) is 9.59 Å². The van der Waals surface area contributed by atoms with Crippen LogP contribution in [-0.2, 0) is 0 Å². The molecule has 0 spiro atoms. The van der Waals surface area contributed by atoms with E-state index in [0.717, 1.165) is 24.3 Å². The van der Waals surface area contributed by atoms with Crippen molar-refractivity contribution in [3.63, 3.8) is 0 Å². The van der Waals surface area contributed by atoms with Crippen LogP contribution in [0.25, 0.3) is 6.08 Å². The zero-order chi connectivity index (χ0) is 24.1. The Labute approximate surface area is 199 Å². The van der Waals surface area contributed by atoms with E-state index in [1.807, 2.05) is 24.3 Å². The van der Waals surface area contributed by atoms with Crippen LogP contribution in [0.1, 0.15) is 40.1 Å². The van der Waals surface area contributed by atoms with Gasteiger partial charge in [0, 0.05) is 30.4 Å². The summed E-state index contributed by atoms with van der Waals surface area (Å²) in [5.41, 5.74) is 3.03. The van der Waals surface area contributed by atoms with E-state index in [0.29, 0.717) is 28.4 Å². The van der Waals surface area contributed by atoms with Crippen molar-refractivity contribution >= 4 is 23.3 Å². The number of methoxy groups -OCH3 is 1. The molecule has 0 saturated carbocycles. The molecule has 1 aliphatic rings. The summed E-state index contributed by atoms with van der Waals surface area (Å²) < 4.78 is 16.6. The molecule has 3 aromatic carbocycles. The van der Waals surface area contributed by atoms with Crippen molar-refractivity contribution in [1.82, 2.24) is 0 Å². The standard InChI is InChI=1S/C28H27NO5/c1-4-29(5-2)21-10-6-19(7-11-21)16-27-28(31)24-15-14-23(17-26(24)34-27)33-18-25(30)20-8-12-22(32-3)13-9-20/h6-17H,4-5,18H2,1-3H3/b27-16-. The second-order valence-corrected chi connectivity index (χ2v) is 7.80. The molecule has 1 heterocycles. The largest absolute Gasteiger partial charge is 0.497 e. The monoisotopic (exact) mass is 457 g/mol. The predicted octanol–water partition coefficient (Wildman–Crippen LogP) is 5.42. The van der Waals surface area contributed by atoms with E-state index in [4.69, 9.17) is 14.2 Å². The molecule has 4 rings (SSSR count). The number of fused-ring (bicyclic) bond motifs is 1. The second-order valence-electron chi connectivity index (χ2n) is 7.80. The van der Waals surface area contributed by atoms with Gasteiger partial charge in [-0.25, -0.2) is 0 Å². The van der Waals surface area contributed by atoms with Crippen LogP contribution in [0.15, 0.2) is 72.5 Å². The third-order valence-corrected chi connectivity index (χ3v) is 5.74. The molecular formula is C28H27NO5. The smallest absolute Gasteiger partial charge is 0.231 e. The van der Waals surface area contributed by atoms with Gasteiger partial charge in [0.2, 0.25) is 5.78 Å². The fourth-order valence-corrected chi connectivity index (χ4v) is 3.79. The lowest BCUT2D eigenvalue weighted by Gasteiger charge is -2.20. The zero-order valence-electron chi connectivity index (χ0n) is 19.5. The number of Topliss-reactive ketones (excluding diaryl/α,β-unsaturated/α-hetero) is 2. The highest BCUT2D eigenvalue weighted by atomic mass is 16.5. The number of ether oxygens (including phenoxy) is 3. The van der Waals surface area contributed by atoms with E-state index < -0.39 is 0 Å². The molecule has 0 unspecified atom stereocenters. The van der Waals surface area contributed by atoms with Crippen molar-refractivity contribution in [2.75, 3.05) is 31.7 Å². The summed E-state index contributed by atoms with van der Waals surface area (Å²) in [7, 11) is 1.57. The normalized spacial score (nSPS) is 13.4. The maximum atomic E-state index is 12.8. The van der Waals surface area contributed by atoms with Crippen LogP contribution in [0.4, 0.5) is 5.69 Å². The molecule has 0 N–H and O–H groups in total. The van der Waals surface area contributed by atoms with Gasteiger partial charge in [-0.1, -0.05) is 12.1 Å². The summed E-state index contributed by atoms with van der Waals surface area (Å²) in [6.07, 6.45) is 1.74. The SMILES string of the molecule is CCN(CC)c1ccc(/C=C2\Oc3cc(OCC(=O)c4ccc(OC)cc4)ccc3C2=O)cc1. The number of anilines is 1. The number of hydrogen-bond acceptors (Lipinski definition) is 6. The first-order valence-corrected chi connectivity index (χ1v) is 11.3. The maximum absolute atomic E-state index is 12.8. The fourth-order valence-electron chi connectivity index (χ4n) is 3.79. The molecule has 1 aliphatic heterocycles. The summed E-state index contributed by atoms with van der Waals surface area (Å²) in [5.74, 6) is 1.49. The van der Waals surface area contributed by atoms with Gasteiger partial charge in [-0.05, 0) is 74.0 Å². The van der Waals surface area contributed by atoms with Gasteiger partial charge < -0.3 is 19.1 Å². The second kappa shape index (κ2) is 10.3. The van der Waals surface area contributed by atoms with Gasteiger partial charge in [-0.15, -0.1) is 0 Å². The Hall–Kier alpha value is -4.06. The number of carbonyl (C=O) groups excluding carboxylic acids is 2. The molecule has 34 heavy (non-hydrogen) atoms. The molecule has 0 amide bonds. The number of allylic oxidation sites excluding steroid dienone is 1. The summed E-state index contributed by atoms with van der Waals surface area (Å²) in [6.45, 7) is 5.98. The first-order chi connectivity index (χ1) is 16.5. The summed E-state index contributed by atoms with van der Waals surface area (Å²) >= 11 is 0. The van der Waals surface area contributed by atoms with Crippen LogP contribution in [0.2, 0.25) is 0 Å². The third-order valence-electron chi connectivity index (χ3n) is 5.74. The van der Waals surface area contributed by atoms with Crippen LogP contribution in [-0.4, -0.2) is 38.4 Å². The van der Waals surface area contributed by atoms with Crippen molar-refractivity contribution in [2.24, 2.45) is 0 Å². The Morgan fingerprint density at radius 2 is 1.62 bits per heavy atom. The number of ketones is 2. The van der Waals surface area contributed by atoms with Crippen molar-refractivity contribution in [3.8, 4) is 17.2 Å². The molecule has 6 nitrogen and oxygen atoms in total. The molecule has 3 aromatic rings. The zero-order valence-corrected chi connectivity index (χ0v) is 19.5. The van der Waals surface area contributed by atoms with E-state index in [1.54, 1.807) is 55.7 Å². The average molecular weight is 458 g/mol. The molecule has 0 bridgehead atoms. The van der Waals surface area contributed by atoms with Crippen LogP contribution in [0, 0.1) is 0 Å². The minimum Gasteiger partial charge on any atom is -0.497 e. The molecular weight excluding hydrogens is 430 g/mol. The van der Waals surface area contributed by atoms with Crippen LogP contribution >= 0.6 is 0 Å². The van der Waals surface area contributed by atoms with Gasteiger partial charge in [0.1, 0.15) is 17.2 Å². The molecule has 0 aliphatic carbocycles. The quantitative estimate of drug-likeness (QED) is 0.316. The van der Waals surface area contributed by atoms with Gasteiger partial charge in [0.25, 0.3) is 0 Å². The number of rotatable bonds is 9. The van der Waals surface area contributed by atoms with Gasteiger partial charge in [-0.2, -0.15) is 0 Å². The van der Waals surface area contributed by atoms with Gasteiger partial charge in [-0.3, -0.25) is 9.59 Å². The highest BCUT2D eigenvalue weighted by Gasteiger charge is 2.27. The Balaban J connectivity index is 1.42. The first kappa shape index (κ1) is 23.1. The predicted molar refractivity (Wildman–Crippen MR) is 132 cm³/mol. The number of hydrogen-bond donors (Lipinski definition) is 0. The van der Waals surface area contributed by atoms with Crippen LogP contribution in [0.5, 0.6) is 17.2 Å². The van der Waals surface area contributed by atoms with Gasteiger partial charge in [0.15, 0.2) is 18.1 Å². The Bertz CT molecular complexity index is 1210. The molecule has 0 aromatic heterocycles. The highest BCUT2D eigenvalue weighted by Crippen LogP contribution is 2.35. The van der Waals surface area contributed by atoms with E-state index in [1.165, 1.54) is 0 Å². The van der Waals surface area contributed by atoms with Crippen molar-refractivity contribution in [2.45, 2.75) is 13.8 Å². The van der Waals surface area contributed by atoms with Gasteiger partial charge in [0.05, 0.1) is 12.7 Å². The van der Waals surface area contributed by atoms with E-state index >= 15 is 0 Å². The average Bonchev–Trinajstić information content (AvgIpc) is 3.18. The minimum atomic E-state index is -0.177. The Morgan fingerprint density at radius 1 is 0.941 bits per heavy atom. The molecule has 174 valence electrons. The third kappa shape index (κ3) is 4.96. The molecule has 6 heteroatoms. The van der Waals surface area contributed by atoms with Gasteiger partial charge >= 0.3 is 0 Å². The lowest BCUT2D eigenvalue weighted by atomic mass is 10.1. The molecule has 0 saturated heterocycles.